The summed E-state index contributed by atoms with van der Waals surface area (Å²) < 4.78 is 6.48. The molecule has 0 saturated carbocycles. The van der Waals surface area contributed by atoms with Crippen LogP contribution in [0.5, 0.6) is 0 Å². The van der Waals surface area contributed by atoms with Gasteiger partial charge in [0.25, 0.3) is 5.56 Å². The van der Waals surface area contributed by atoms with Crippen molar-refractivity contribution in [1.29, 1.82) is 0 Å². The Labute approximate surface area is 171 Å². The Bertz CT molecular complexity index is 1260. The van der Waals surface area contributed by atoms with E-state index in [0.29, 0.717) is 39.5 Å². The normalized spacial score (nSPS) is 11.0. The Balaban J connectivity index is 1.58. The maximum absolute atomic E-state index is 12.9. The summed E-state index contributed by atoms with van der Waals surface area (Å²) in [5.74, 6) is 0.892. The summed E-state index contributed by atoms with van der Waals surface area (Å²) in [4.78, 5) is 25.3. The molecule has 146 valence electrons. The molecule has 0 fully saturated rings. The highest BCUT2D eigenvalue weighted by Gasteiger charge is 2.12. The molecule has 4 aromatic rings. The predicted molar refractivity (Wildman–Crippen MR) is 113 cm³/mol. The van der Waals surface area contributed by atoms with Crippen LogP contribution in [0, 0.1) is 6.92 Å². The molecule has 0 aliphatic rings. The molecule has 1 amide bonds. The maximum atomic E-state index is 12.9. The average molecular weight is 408 g/mol. The molecule has 4 rings (SSSR count). The van der Waals surface area contributed by atoms with Crippen LogP contribution in [0.2, 0.25) is 5.02 Å². The molecular formula is C22H18ClN3O3. The highest BCUT2D eigenvalue weighted by molar-refractivity contribution is 6.31. The number of carbonyl (C=O) groups is 1. The third-order valence-corrected chi connectivity index (χ3v) is 5.03. The molecule has 0 aliphatic heterocycles. The van der Waals surface area contributed by atoms with Crippen molar-refractivity contribution in [2.45, 2.75) is 19.8 Å². The van der Waals surface area contributed by atoms with Gasteiger partial charge in [-0.1, -0.05) is 41.0 Å². The topological polar surface area (TPSA) is 77.1 Å². The molecule has 1 N–H and O–H groups in total. The lowest BCUT2D eigenvalue weighted by Crippen LogP contribution is -2.19. The molecule has 29 heavy (non-hydrogen) atoms. The number of hydrogen-bond acceptors (Lipinski definition) is 4. The van der Waals surface area contributed by atoms with Gasteiger partial charge in [-0.2, -0.15) is 0 Å². The number of halogens is 1. The van der Waals surface area contributed by atoms with Crippen molar-refractivity contribution in [1.82, 2.24) is 9.72 Å². The van der Waals surface area contributed by atoms with Gasteiger partial charge in [-0.05, 0) is 43.2 Å². The Kier molecular flexibility index (Phi) is 5.18. The summed E-state index contributed by atoms with van der Waals surface area (Å²) in [7, 11) is 0. The van der Waals surface area contributed by atoms with Crippen LogP contribution in [0.3, 0.4) is 0 Å². The van der Waals surface area contributed by atoms with Crippen LogP contribution in [0.15, 0.2) is 70.1 Å². The number of amides is 1. The fraction of sp³-hybridized carbons (Fsp3) is 0.136. The molecular weight excluding hydrogens is 390 g/mol. The van der Waals surface area contributed by atoms with E-state index in [1.54, 1.807) is 49.5 Å². The van der Waals surface area contributed by atoms with E-state index in [0.717, 1.165) is 5.56 Å². The van der Waals surface area contributed by atoms with E-state index in [9.17, 15) is 9.59 Å². The molecule has 7 heteroatoms. The minimum Gasteiger partial charge on any atom is -0.360 e. The molecule has 6 nitrogen and oxygen atoms in total. The average Bonchev–Trinajstić information content (AvgIpc) is 3.14. The van der Waals surface area contributed by atoms with Crippen LogP contribution in [-0.2, 0) is 11.2 Å². The van der Waals surface area contributed by atoms with Crippen molar-refractivity contribution >= 4 is 34.0 Å². The van der Waals surface area contributed by atoms with Gasteiger partial charge in [-0.25, -0.2) is 0 Å². The van der Waals surface area contributed by atoms with E-state index in [2.05, 4.69) is 10.5 Å². The van der Waals surface area contributed by atoms with Crippen molar-refractivity contribution in [2.75, 3.05) is 5.32 Å². The van der Waals surface area contributed by atoms with Gasteiger partial charge in [0.2, 0.25) is 5.91 Å². The first kappa shape index (κ1) is 19.0. The second-order valence-electron chi connectivity index (χ2n) is 6.69. The number of aromatic nitrogens is 2. The molecule has 2 aromatic carbocycles. The van der Waals surface area contributed by atoms with E-state index in [-0.39, 0.29) is 17.9 Å². The van der Waals surface area contributed by atoms with Crippen molar-refractivity contribution in [2.24, 2.45) is 0 Å². The number of rotatable bonds is 5. The number of carbonyl (C=O) groups excluding carboxylic acids is 1. The summed E-state index contributed by atoms with van der Waals surface area (Å²) in [5.41, 5.74) is 1.28. The lowest BCUT2D eigenvalue weighted by Gasteiger charge is -2.10. The number of nitrogens with one attached hydrogen (secondary N) is 1. The molecule has 0 unspecified atom stereocenters. The SMILES string of the molecule is Cc1cc(-n2ccc3c(NC(=O)CCc4ccccc4Cl)cccc3c2=O)no1. The van der Waals surface area contributed by atoms with E-state index in [4.69, 9.17) is 16.1 Å². The van der Waals surface area contributed by atoms with Crippen molar-refractivity contribution in [3.63, 3.8) is 0 Å². The number of anilines is 1. The van der Waals surface area contributed by atoms with E-state index in [1.165, 1.54) is 4.57 Å². The molecule has 0 radical (unpaired) electrons. The first-order chi connectivity index (χ1) is 14.0. The molecule has 2 heterocycles. The van der Waals surface area contributed by atoms with E-state index in [1.807, 2.05) is 18.2 Å². The molecule has 0 atom stereocenters. The third-order valence-electron chi connectivity index (χ3n) is 4.66. The van der Waals surface area contributed by atoms with Crippen LogP contribution < -0.4 is 10.9 Å². The first-order valence-corrected chi connectivity index (χ1v) is 9.52. The first-order valence-electron chi connectivity index (χ1n) is 9.14. The lowest BCUT2D eigenvalue weighted by atomic mass is 10.1. The third kappa shape index (κ3) is 3.93. The second-order valence-corrected chi connectivity index (χ2v) is 7.10. The number of aryl methyl sites for hydroxylation is 2. The Morgan fingerprint density at radius 1 is 1.14 bits per heavy atom. The van der Waals surface area contributed by atoms with Crippen molar-refractivity contribution < 1.29 is 9.32 Å². The summed E-state index contributed by atoms with van der Waals surface area (Å²) >= 11 is 6.15. The smallest absolute Gasteiger partial charge is 0.264 e. The number of hydrogen-bond donors (Lipinski definition) is 1. The van der Waals surface area contributed by atoms with Gasteiger partial charge in [0.05, 0.1) is 0 Å². The Morgan fingerprint density at radius 3 is 2.72 bits per heavy atom. The molecule has 0 saturated heterocycles. The molecule has 2 aromatic heterocycles. The van der Waals surface area contributed by atoms with Crippen LogP contribution in [-0.4, -0.2) is 15.6 Å². The van der Waals surface area contributed by atoms with Crippen LogP contribution in [0.1, 0.15) is 17.7 Å². The maximum Gasteiger partial charge on any atom is 0.264 e. The number of fused-ring (bicyclic) bond motifs is 1. The zero-order chi connectivity index (χ0) is 20.4. The monoisotopic (exact) mass is 407 g/mol. The van der Waals surface area contributed by atoms with Gasteiger partial charge in [-0.3, -0.25) is 14.2 Å². The minimum absolute atomic E-state index is 0.145. The van der Waals surface area contributed by atoms with Gasteiger partial charge in [0, 0.05) is 40.2 Å². The Hall–Kier alpha value is -3.38. The van der Waals surface area contributed by atoms with Gasteiger partial charge >= 0.3 is 0 Å². The highest BCUT2D eigenvalue weighted by atomic mass is 35.5. The van der Waals surface area contributed by atoms with Crippen molar-refractivity contribution in [3.8, 4) is 5.82 Å². The van der Waals surface area contributed by atoms with Crippen LogP contribution >= 0.6 is 11.6 Å². The highest BCUT2D eigenvalue weighted by Crippen LogP contribution is 2.22. The lowest BCUT2D eigenvalue weighted by molar-refractivity contribution is -0.116. The summed E-state index contributed by atoms with van der Waals surface area (Å²) in [5, 5.41) is 8.59. The van der Waals surface area contributed by atoms with Crippen LogP contribution in [0.25, 0.3) is 16.6 Å². The standard InChI is InChI=1S/C22H18ClN3O3/c1-14-13-20(25-29-14)26-12-11-16-17(22(26)28)6-4-8-19(16)24-21(27)10-9-15-5-2-3-7-18(15)23/h2-8,11-13H,9-10H2,1H3,(H,24,27). The number of benzene rings is 2. The zero-order valence-corrected chi connectivity index (χ0v) is 16.4. The fourth-order valence-electron chi connectivity index (χ4n) is 3.20. The van der Waals surface area contributed by atoms with Crippen LogP contribution in [0.4, 0.5) is 5.69 Å². The number of pyridine rings is 1. The molecule has 0 aliphatic carbocycles. The fourth-order valence-corrected chi connectivity index (χ4v) is 3.43. The second kappa shape index (κ2) is 7.93. The van der Waals surface area contributed by atoms with E-state index >= 15 is 0 Å². The van der Waals surface area contributed by atoms with Gasteiger partial charge < -0.3 is 9.84 Å². The minimum atomic E-state index is -0.233. The summed E-state index contributed by atoms with van der Waals surface area (Å²) in [6, 6.07) is 16.2. The van der Waals surface area contributed by atoms with Crippen molar-refractivity contribution in [3.05, 3.63) is 87.5 Å². The van der Waals surface area contributed by atoms with Gasteiger partial charge in [0.15, 0.2) is 5.82 Å². The molecule has 0 bridgehead atoms. The van der Waals surface area contributed by atoms with Gasteiger partial charge in [0.1, 0.15) is 5.76 Å². The predicted octanol–water partition coefficient (Wildman–Crippen LogP) is 4.51. The number of nitrogens with zero attached hydrogens (tertiary/aromatic N) is 2. The Morgan fingerprint density at radius 2 is 1.97 bits per heavy atom. The summed E-state index contributed by atoms with van der Waals surface area (Å²) in [6.45, 7) is 1.76. The van der Waals surface area contributed by atoms with Gasteiger partial charge in [-0.15, -0.1) is 0 Å². The summed E-state index contributed by atoms with van der Waals surface area (Å²) in [6.07, 6.45) is 2.45. The quantitative estimate of drug-likeness (QED) is 0.528. The van der Waals surface area contributed by atoms with E-state index < -0.39 is 0 Å². The molecule has 0 spiro atoms. The zero-order valence-electron chi connectivity index (χ0n) is 15.7. The largest absolute Gasteiger partial charge is 0.360 e.